The molecule has 178 valence electrons. The Morgan fingerprint density at radius 3 is 2.86 bits per heavy atom. The third-order valence-corrected chi connectivity index (χ3v) is 6.68. The molecule has 1 aliphatic rings. The van der Waals surface area contributed by atoms with Crippen molar-refractivity contribution in [2.75, 3.05) is 18.0 Å². The summed E-state index contributed by atoms with van der Waals surface area (Å²) in [6.45, 7) is 1.77. The number of rotatable bonds is 5. The average Bonchev–Trinajstić information content (AvgIpc) is 3.18. The quantitative estimate of drug-likeness (QED) is 0.438. The number of nitriles is 1. The Bertz CT molecular complexity index is 1540. The highest BCUT2D eigenvalue weighted by Crippen LogP contribution is 2.32. The monoisotopic (exact) mass is 507 g/mol. The minimum atomic E-state index is -0.270. The normalized spacial score (nSPS) is 15.9. The number of hydrogen-bond acceptors (Lipinski definition) is 6. The molecule has 10 heteroatoms. The van der Waals surface area contributed by atoms with Crippen molar-refractivity contribution < 1.29 is 0 Å². The smallest absolute Gasteiger partial charge is 0.278 e. The summed E-state index contributed by atoms with van der Waals surface area (Å²) in [7, 11) is 0. The molecule has 1 atom stereocenters. The summed E-state index contributed by atoms with van der Waals surface area (Å²) in [6.07, 6.45) is 6.62. The van der Waals surface area contributed by atoms with Gasteiger partial charge in [0.1, 0.15) is 33.0 Å². The maximum atomic E-state index is 13.8. The summed E-state index contributed by atoms with van der Waals surface area (Å²) < 4.78 is 3.38. The van der Waals surface area contributed by atoms with Crippen molar-refractivity contribution in [3.05, 3.63) is 75.0 Å². The number of fused-ring (bicyclic) bond motifs is 2. The van der Waals surface area contributed by atoms with Crippen LogP contribution in [0.4, 0.5) is 5.82 Å². The van der Waals surface area contributed by atoms with E-state index in [9.17, 15) is 10.1 Å². The first kappa shape index (κ1) is 23.4. The first-order valence-corrected chi connectivity index (χ1v) is 12.1. The molecule has 1 aliphatic heterocycles. The number of aromatic nitrogens is 4. The van der Waals surface area contributed by atoms with Crippen LogP contribution in [0.2, 0.25) is 0 Å². The molecule has 8 nitrogen and oxygen atoms in total. The predicted molar refractivity (Wildman–Crippen MR) is 139 cm³/mol. The van der Waals surface area contributed by atoms with Crippen LogP contribution in [0.25, 0.3) is 21.8 Å². The minimum absolute atomic E-state index is 0.0176. The van der Waals surface area contributed by atoms with Crippen molar-refractivity contribution in [1.29, 1.82) is 5.26 Å². The molecule has 0 saturated carbocycles. The number of anilines is 1. The van der Waals surface area contributed by atoms with Gasteiger partial charge in [-0.05, 0) is 30.4 Å². The second kappa shape index (κ2) is 9.70. The van der Waals surface area contributed by atoms with Crippen LogP contribution in [-0.2, 0) is 13.1 Å². The van der Waals surface area contributed by atoms with Crippen molar-refractivity contribution in [2.24, 2.45) is 5.73 Å². The second-order valence-corrected chi connectivity index (χ2v) is 9.62. The predicted octanol–water partition coefficient (Wildman–Crippen LogP) is 3.91. The fraction of sp³-hybridized carbons (Fsp3) is 0.280. The van der Waals surface area contributed by atoms with Crippen LogP contribution in [0.5, 0.6) is 0 Å². The van der Waals surface area contributed by atoms with E-state index >= 15 is 0 Å². The largest absolute Gasteiger partial charge is 0.355 e. The van der Waals surface area contributed by atoms with E-state index in [-0.39, 0.29) is 29.2 Å². The number of nitrogens with two attached hydrogens (primary N) is 1. The molecule has 0 spiro atoms. The number of piperidine rings is 1. The van der Waals surface area contributed by atoms with E-state index in [1.54, 1.807) is 16.8 Å². The number of hydrogen-bond donors (Lipinski definition) is 1. The molecule has 1 fully saturated rings. The molecule has 0 radical (unpaired) electrons. The Labute approximate surface area is 211 Å². The third-order valence-electron chi connectivity index (χ3n) is 6.37. The topological polar surface area (TPSA) is 106 Å². The van der Waals surface area contributed by atoms with Crippen LogP contribution < -0.4 is 16.2 Å². The zero-order valence-electron chi connectivity index (χ0n) is 18.9. The standard InChI is InChI=1S/C25H23Cl2N7O/c26-21(27)8-11-34-23-22(19(12-28)24(34)32-10-3-5-17(29)13-32)31-15-33(25(23)35)14-20-18-6-2-1-4-16(18)7-9-30-20/h1-2,4,6-9,15,17H,3,5,10-11,13-14,29H2/t17-/m0/s1. The first-order chi connectivity index (χ1) is 17.0. The van der Waals surface area contributed by atoms with Gasteiger partial charge in [0.05, 0.1) is 18.6 Å². The van der Waals surface area contributed by atoms with Gasteiger partial charge in [-0.25, -0.2) is 4.98 Å². The van der Waals surface area contributed by atoms with Gasteiger partial charge >= 0.3 is 0 Å². The molecule has 4 heterocycles. The minimum Gasteiger partial charge on any atom is -0.355 e. The van der Waals surface area contributed by atoms with Crippen LogP contribution in [0.1, 0.15) is 24.1 Å². The fourth-order valence-electron chi connectivity index (χ4n) is 4.81. The van der Waals surface area contributed by atoms with Gasteiger partial charge in [-0.2, -0.15) is 5.26 Å². The molecule has 0 aliphatic carbocycles. The van der Waals surface area contributed by atoms with Crippen molar-refractivity contribution in [2.45, 2.75) is 32.0 Å². The second-order valence-electron chi connectivity index (χ2n) is 8.62. The van der Waals surface area contributed by atoms with Gasteiger partial charge in [-0.3, -0.25) is 14.3 Å². The van der Waals surface area contributed by atoms with E-state index in [1.807, 2.05) is 30.3 Å². The summed E-state index contributed by atoms with van der Waals surface area (Å²) in [5, 5.41) is 12.1. The molecule has 3 aromatic heterocycles. The third kappa shape index (κ3) is 4.39. The van der Waals surface area contributed by atoms with Gasteiger partial charge in [0.15, 0.2) is 0 Å². The molecule has 35 heavy (non-hydrogen) atoms. The fourth-order valence-corrected chi connectivity index (χ4v) is 4.94. The van der Waals surface area contributed by atoms with Crippen molar-refractivity contribution in [3.8, 4) is 6.07 Å². The van der Waals surface area contributed by atoms with Gasteiger partial charge in [0.2, 0.25) is 0 Å². The molecule has 0 bridgehead atoms. The van der Waals surface area contributed by atoms with Gasteiger partial charge in [0, 0.05) is 37.3 Å². The van der Waals surface area contributed by atoms with Crippen molar-refractivity contribution >= 4 is 50.8 Å². The lowest BCUT2D eigenvalue weighted by Crippen LogP contribution is -2.44. The lowest BCUT2D eigenvalue weighted by molar-refractivity contribution is 0.499. The van der Waals surface area contributed by atoms with Crippen LogP contribution in [0.3, 0.4) is 0 Å². The highest BCUT2D eigenvalue weighted by molar-refractivity contribution is 6.55. The van der Waals surface area contributed by atoms with Crippen LogP contribution in [0, 0.1) is 11.3 Å². The Balaban J connectivity index is 1.70. The van der Waals surface area contributed by atoms with E-state index in [2.05, 4.69) is 20.9 Å². The Kier molecular flexibility index (Phi) is 6.48. The van der Waals surface area contributed by atoms with Crippen LogP contribution >= 0.6 is 23.2 Å². The van der Waals surface area contributed by atoms with Crippen LogP contribution in [-0.4, -0.2) is 38.2 Å². The zero-order valence-corrected chi connectivity index (χ0v) is 20.4. The average molecular weight is 508 g/mol. The molecule has 2 N–H and O–H groups in total. The summed E-state index contributed by atoms with van der Waals surface area (Å²) in [5.74, 6) is 0.620. The molecular weight excluding hydrogens is 485 g/mol. The van der Waals surface area contributed by atoms with Crippen LogP contribution in [0.15, 0.2) is 58.2 Å². The van der Waals surface area contributed by atoms with Gasteiger partial charge in [-0.1, -0.05) is 47.5 Å². The lowest BCUT2D eigenvalue weighted by Gasteiger charge is -2.33. The van der Waals surface area contributed by atoms with E-state index in [4.69, 9.17) is 28.9 Å². The molecule has 0 unspecified atom stereocenters. The van der Waals surface area contributed by atoms with E-state index < -0.39 is 0 Å². The molecule has 4 aromatic rings. The Morgan fingerprint density at radius 1 is 1.26 bits per heavy atom. The highest BCUT2D eigenvalue weighted by atomic mass is 35.5. The molecule has 1 aromatic carbocycles. The number of halogens is 2. The molecular formula is C25H23Cl2N7O. The number of nitrogens with zero attached hydrogens (tertiary/aromatic N) is 6. The molecule has 1 saturated heterocycles. The maximum Gasteiger partial charge on any atom is 0.278 e. The maximum absolute atomic E-state index is 13.8. The SMILES string of the molecule is N#Cc1c(N2CCC[C@H](N)C2)n(CC=C(Cl)Cl)c2c(=O)n(Cc3nccc4ccccc34)cnc12. The Hall–Kier alpha value is -3.38. The van der Waals surface area contributed by atoms with Crippen molar-refractivity contribution in [1.82, 2.24) is 19.1 Å². The first-order valence-electron chi connectivity index (χ1n) is 11.3. The summed E-state index contributed by atoms with van der Waals surface area (Å²) in [6, 6.07) is 12.1. The molecule has 5 rings (SSSR count). The van der Waals surface area contributed by atoms with Gasteiger partial charge in [-0.15, -0.1) is 0 Å². The summed E-state index contributed by atoms with van der Waals surface area (Å²) in [5.41, 5.74) is 7.74. The van der Waals surface area contributed by atoms with Gasteiger partial charge in [0.25, 0.3) is 5.56 Å². The van der Waals surface area contributed by atoms with Gasteiger partial charge < -0.3 is 15.2 Å². The van der Waals surface area contributed by atoms with E-state index in [0.29, 0.717) is 29.0 Å². The van der Waals surface area contributed by atoms with E-state index in [1.165, 1.54) is 10.9 Å². The molecule has 0 amide bonds. The Morgan fingerprint density at radius 2 is 2.09 bits per heavy atom. The number of benzene rings is 1. The number of allylic oxidation sites excluding steroid dienone is 1. The highest BCUT2D eigenvalue weighted by Gasteiger charge is 2.28. The zero-order chi connectivity index (χ0) is 24.5. The summed E-state index contributed by atoms with van der Waals surface area (Å²) >= 11 is 11.8. The number of pyridine rings is 1. The van der Waals surface area contributed by atoms with E-state index in [0.717, 1.165) is 35.9 Å². The lowest BCUT2D eigenvalue weighted by atomic mass is 10.1. The summed E-state index contributed by atoms with van der Waals surface area (Å²) in [4.78, 5) is 24.9. The van der Waals surface area contributed by atoms with Crippen molar-refractivity contribution in [3.63, 3.8) is 0 Å².